The molecule has 0 aromatic carbocycles. The van der Waals surface area contributed by atoms with Crippen LogP contribution in [0, 0.1) is 0 Å². The van der Waals surface area contributed by atoms with Crippen LogP contribution >= 0.6 is 11.8 Å². The van der Waals surface area contributed by atoms with Crippen LogP contribution in [0.25, 0.3) is 0 Å². The summed E-state index contributed by atoms with van der Waals surface area (Å²) in [5.41, 5.74) is 0. The van der Waals surface area contributed by atoms with Gasteiger partial charge in [0.2, 0.25) is 0 Å². The molecule has 1 aliphatic rings. The first-order chi connectivity index (χ1) is 9.35. The molecule has 0 bridgehead atoms. The number of pyridine rings is 1. The lowest BCUT2D eigenvalue weighted by molar-refractivity contribution is 0.209. The van der Waals surface area contributed by atoms with Gasteiger partial charge in [-0.25, -0.2) is 4.98 Å². The molecule has 0 N–H and O–H groups in total. The van der Waals surface area contributed by atoms with E-state index in [4.69, 9.17) is 0 Å². The van der Waals surface area contributed by atoms with Crippen LogP contribution in [-0.4, -0.2) is 46.9 Å². The number of nitrogens with zero attached hydrogens (tertiary/aromatic N) is 3. The number of piperazine rings is 1. The predicted octanol–water partition coefficient (Wildman–Crippen LogP) is 3.50. The Morgan fingerprint density at radius 1 is 1.10 bits per heavy atom. The zero-order valence-electron chi connectivity index (χ0n) is 13.4. The van der Waals surface area contributed by atoms with Gasteiger partial charge in [-0.2, -0.15) is 0 Å². The van der Waals surface area contributed by atoms with Gasteiger partial charge in [0.15, 0.2) is 0 Å². The zero-order valence-corrected chi connectivity index (χ0v) is 14.2. The van der Waals surface area contributed by atoms with Crippen molar-refractivity contribution in [3.05, 3.63) is 18.3 Å². The van der Waals surface area contributed by atoms with Crippen molar-refractivity contribution in [3.8, 4) is 0 Å². The molecule has 0 spiro atoms. The van der Waals surface area contributed by atoms with Gasteiger partial charge in [-0.3, -0.25) is 4.90 Å². The van der Waals surface area contributed by atoms with Crippen LogP contribution in [0.3, 0.4) is 0 Å². The van der Waals surface area contributed by atoms with Gasteiger partial charge in [-0.1, -0.05) is 20.8 Å². The molecule has 0 saturated carbocycles. The molecule has 0 radical (unpaired) electrons. The highest BCUT2D eigenvalue weighted by atomic mass is 32.2. The van der Waals surface area contributed by atoms with Crippen molar-refractivity contribution < 1.29 is 0 Å². The average molecular weight is 293 g/mol. The highest BCUT2D eigenvalue weighted by molar-refractivity contribution is 8.00. The van der Waals surface area contributed by atoms with E-state index in [1.807, 2.05) is 18.0 Å². The van der Waals surface area contributed by atoms with E-state index < -0.39 is 0 Å². The molecule has 0 aliphatic carbocycles. The van der Waals surface area contributed by atoms with Crippen LogP contribution in [0.15, 0.2) is 23.2 Å². The lowest BCUT2D eigenvalue weighted by Gasteiger charge is -2.37. The van der Waals surface area contributed by atoms with Gasteiger partial charge in [0.05, 0.1) is 0 Å². The second-order valence-electron chi connectivity index (χ2n) is 6.68. The standard InChI is InChI=1S/C16H27N3S/c1-13(2)18-8-10-19(11-9-18)15-7-6-14(12-17-15)20-16(3,4)5/h6-7,12-13H,8-11H2,1-5H3. The Morgan fingerprint density at radius 3 is 2.20 bits per heavy atom. The third-order valence-corrected chi connectivity index (χ3v) is 4.60. The van der Waals surface area contributed by atoms with Crippen molar-refractivity contribution in [3.63, 3.8) is 0 Å². The first kappa shape index (κ1) is 15.6. The summed E-state index contributed by atoms with van der Waals surface area (Å²) in [6.07, 6.45) is 2.01. The third-order valence-electron chi connectivity index (χ3n) is 3.51. The Bertz CT molecular complexity index is 414. The summed E-state index contributed by atoms with van der Waals surface area (Å²) >= 11 is 1.87. The van der Waals surface area contributed by atoms with E-state index >= 15 is 0 Å². The minimum absolute atomic E-state index is 0.242. The second kappa shape index (κ2) is 6.35. The molecule has 1 aromatic heterocycles. The summed E-state index contributed by atoms with van der Waals surface area (Å²) in [6, 6.07) is 5.02. The summed E-state index contributed by atoms with van der Waals surface area (Å²) in [5, 5.41) is 0. The summed E-state index contributed by atoms with van der Waals surface area (Å²) in [7, 11) is 0. The molecule has 0 amide bonds. The van der Waals surface area contributed by atoms with Crippen molar-refractivity contribution in [2.24, 2.45) is 0 Å². The predicted molar refractivity (Wildman–Crippen MR) is 88.8 cm³/mol. The number of thioether (sulfide) groups is 1. The van der Waals surface area contributed by atoms with Crippen molar-refractivity contribution in [1.82, 2.24) is 9.88 Å². The van der Waals surface area contributed by atoms with E-state index in [-0.39, 0.29) is 4.75 Å². The van der Waals surface area contributed by atoms with Crippen molar-refractivity contribution in [1.29, 1.82) is 0 Å². The van der Waals surface area contributed by atoms with Crippen LogP contribution in [0.4, 0.5) is 5.82 Å². The fraction of sp³-hybridized carbons (Fsp3) is 0.688. The van der Waals surface area contributed by atoms with Gasteiger partial charge in [0.25, 0.3) is 0 Å². The van der Waals surface area contributed by atoms with Gasteiger partial charge in [-0.15, -0.1) is 11.8 Å². The molecule has 0 atom stereocenters. The molecular weight excluding hydrogens is 266 g/mol. The fourth-order valence-corrected chi connectivity index (χ4v) is 3.39. The van der Waals surface area contributed by atoms with E-state index in [0.717, 1.165) is 32.0 Å². The maximum atomic E-state index is 4.64. The van der Waals surface area contributed by atoms with Gasteiger partial charge < -0.3 is 4.90 Å². The SMILES string of the molecule is CC(C)N1CCN(c2ccc(SC(C)(C)C)cn2)CC1. The Balaban J connectivity index is 1.94. The molecule has 20 heavy (non-hydrogen) atoms. The number of hydrogen-bond donors (Lipinski definition) is 0. The van der Waals surface area contributed by atoms with Crippen molar-refractivity contribution >= 4 is 17.6 Å². The maximum absolute atomic E-state index is 4.64. The lowest BCUT2D eigenvalue weighted by Crippen LogP contribution is -2.49. The summed E-state index contributed by atoms with van der Waals surface area (Å²) < 4.78 is 0.242. The fourth-order valence-electron chi connectivity index (χ4n) is 2.44. The van der Waals surface area contributed by atoms with E-state index in [1.165, 1.54) is 4.90 Å². The number of rotatable bonds is 3. The largest absolute Gasteiger partial charge is 0.354 e. The third kappa shape index (κ3) is 4.38. The normalized spacial score (nSPS) is 17.8. The molecule has 1 fully saturated rings. The number of aromatic nitrogens is 1. The van der Waals surface area contributed by atoms with Crippen molar-refractivity contribution in [2.45, 2.75) is 50.3 Å². The van der Waals surface area contributed by atoms with Crippen LogP contribution in [-0.2, 0) is 0 Å². The molecule has 0 unspecified atom stereocenters. The number of hydrogen-bond acceptors (Lipinski definition) is 4. The topological polar surface area (TPSA) is 19.4 Å². The summed E-state index contributed by atoms with van der Waals surface area (Å²) in [4.78, 5) is 10.8. The van der Waals surface area contributed by atoms with Gasteiger partial charge in [0.1, 0.15) is 5.82 Å². The molecule has 1 aromatic rings. The quantitative estimate of drug-likeness (QED) is 0.794. The molecule has 2 rings (SSSR count). The second-order valence-corrected chi connectivity index (χ2v) is 8.58. The van der Waals surface area contributed by atoms with Crippen LogP contribution in [0.2, 0.25) is 0 Å². The Hall–Kier alpha value is -0.740. The van der Waals surface area contributed by atoms with Gasteiger partial charge in [0, 0.05) is 48.1 Å². The smallest absolute Gasteiger partial charge is 0.128 e. The highest BCUT2D eigenvalue weighted by Gasteiger charge is 2.20. The Labute approximate surface area is 127 Å². The lowest BCUT2D eigenvalue weighted by atomic mass is 10.2. The average Bonchev–Trinajstić information content (AvgIpc) is 2.38. The molecule has 2 heterocycles. The Kier molecular flexibility index (Phi) is 4.97. The zero-order chi connectivity index (χ0) is 14.8. The minimum Gasteiger partial charge on any atom is -0.354 e. The van der Waals surface area contributed by atoms with Crippen molar-refractivity contribution in [2.75, 3.05) is 31.1 Å². The summed E-state index contributed by atoms with van der Waals surface area (Å²) in [6.45, 7) is 15.7. The van der Waals surface area contributed by atoms with Crippen LogP contribution in [0.5, 0.6) is 0 Å². The van der Waals surface area contributed by atoms with E-state index in [1.54, 1.807) is 0 Å². The molecule has 4 heteroatoms. The Morgan fingerprint density at radius 2 is 1.75 bits per heavy atom. The number of anilines is 1. The van der Waals surface area contributed by atoms with Crippen LogP contribution in [0.1, 0.15) is 34.6 Å². The molecular formula is C16H27N3S. The first-order valence-corrected chi connectivity index (χ1v) is 8.31. The minimum atomic E-state index is 0.242. The first-order valence-electron chi connectivity index (χ1n) is 7.49. The van der Waals surface area contributed by atoms with Gasteiger partial charge >= 0.3 is 0 Å². The molecule has 1 saturated heterocycles. The molecule has 1 aliphatic heterocycles. The molecule has 112 valence electrons. The molecule has 3 nitrogen and oxygen atoms in total. The van der Waals surface area contributed by atoms with Gasteiger partial charge in [-0.05, 0) is 26.0 Å². The van der Waals surface area contributed by atoms with E-state index in [0.29, 0.717) is 6.04 Å². The maximum Gasteiger partial charge on any atom is 0.128 e. The van der Waals surface area contributed by atoms with E-state index in [9.17, 15) is 0 Å². The van der Waals surface area contributed by atoms with E-state index in [2.05, 4.69) is 61.5 Å². The summed E-state index contributed by atoms with van der Waals surface area (Å²) in [5.74, 6) is 1.12. The van der Waals surface area contributed by atoms with Crippen LogP contribution < -0.4 is 4.90 Å². The monoisotopic (exact) mass is 293 g/mol. The highest BCUT2D eigenvalue weighted by Crippen LogP contribution is 2.31.